The molecule has 5 heterocycles. The highest BCUT2D eigenvalue weighted by Gasteiger charge is 2.35. The normalized spacial score (nSPS) is 15.8. The monoisotopic (exact) mass is 515 g/mol. The van der Waals surface area contributed by atoms with Gasteiger partial charge in [0.05, 0.1) is 29.4 Å². The number of carbonyl (C=O) groups is 1. The number of nitrogens with zero attached hydrogens (tertiary/aromatic N) is 8. The van der Waals surface area contributed by atoms with Gasteiger partial charge in [0, 0.05) is 31.3 Å². The van der Waals surface area contributed by atoms with E-state index in [2.05, 4.69) is 51.8 Å². The molecule has 0 unspecified atom stereocenters. The zero-order valence-electron chi connectivity index (χ0n) is 20.7. The molecule has 1 N–H and O–H groups in total. The number of carbonyl (C=O) groups excluding carboxylic acids is 1. The number of amidine groups is 1. The summed E-state index contributed by atoms with van der Waals surface area (Å²) in [6.07, 6.45) is 10.6. The average Bonchev–Trinajstić information content (AvgIpc) is 3.34. The molecule has 5 rings (SSSR count). The quantitative estimate of drug-likeness (QED) is 0.484. The maximum atomic E-state index is 12.9. The molecule has 11 nitrogen and oxygen atoms in total. The van der Waals surface area contributed by atoms with E-state index in [4.69, 9.17) is 4.74 Å². The van der Waals surface area contributed by atoms with E-state index in [9.17, 15) is 4.79 Å². The highest BCUT2D eigenvalue weighted by molar-refractivity contribution is 8.13. The van der Waals surface area contributed by atoms with E-state index in [1.54, 1.807) is 23.5 Å². The van der Waals surface area contributed by atoms with Crippen LogP contribution in [0.25, 0.3) is 0 Å². The number of nitrogens with one attached hydrogen (secondary N) is 1. The second-order valence-corrected chi connectivity index (χ2v) is 9.28. The molecule has 0 bridgehead atoms. The fourth-order valence-corrected chi connectivity index (χ4v) is 4.47. The van der Waals surface area contributed by atoms with Gasteiger partial charge in [0.25, 0.3) is 16.8 Å². The van der Waals surface area contributed by atoms with Gasteiger partial charge in [-0.05, 0) is 50.0 Å². The van der Waals surface area contributed by atoms with Gasteiger partial charge in [-0.3, -0.25) is 4.79 Å². The summed E-state index contributed by atoms with van der Waals surface area (Å²) < 4.78 is 9.64. The van der Waals surface area contributed by atoms with Crippen LogP contribution < -0.4 is 19.6 Å². The number of thioether (sulfide) groups is 1. The molecule has 3 aliphatic rings. The van der Waals surface area contributed by atoms with Gasteiger partial charge >= 0.3 is 12.2 Å². The molecule has 0 saturated carbocycles. The van der Waals surface area contributed by atoms with Crippen LogP contribution in [0, 0.1) is 18.8 Å². The van der Waals surface area contributed by atoms with Gasteiger partial charge in [-0.1, -0.05) is 16.6 Å². The number of hydrogen-bond acceptors (Lipinski definition) is 9. The second-order valence-electron chi connectivity index (χ2n) is 8.45. The van der Waals surface area contributed by atoms with Crippen molar-refractivity contribution in [3.63, 3.8) is 0 Å². The van der Waals surface area contributed by atoms with E-state index in [1.165, 1.54) is 25.3 Å². The Labute approximate surface area is 218 Å². The number of methoxy groups -OCH3 is 1. The number of piperidine rings is 1. The standard InChI is InChI=1S/C25H24N9O2S/c1-16-11-18(14-26-23(16)33-9-5-4-6-10-33)24(35)28-19-12-17(25(36-2)32-29-19)7-8-20-30-31-21-13-22(37-3)27-15-34(20)21/h11-15H,4-6,9-10H2,1-3H3/q+1/p+1. The van der Waals surface area contributed by atoms with Gasteiger partial charge in [0.15, 0.2) is 5.82 Å². The van der Waals surface area contributed by atoms with Crippen molar-refractivity contribution in [1.29, 1.82) is 0 Å². The van der Waals surface area contributed by atoms with E-state index in [0.29, 0.717) is 22.8 Å². The van der Waals surface area contributed by atoms with Crippen molar-refractivity contribution in [2.24, 2.45) is 5.11 Å². The van der Waals surface area contributed by atoms with Crippen LogP contribution in [0.4, 0.5) is 11.6 Å². The summed E-state index contributed by atoms with van der Waals surface area (Å²) in [6, 6.07) is 3.45. The van der Waals surface area contributed by atoms with E-state index < -0.39 is 0 Å². The molecule has 12 heteroatoms. The number of fused-ring (bicyclic) bond motifs is 1. The molecule has 0 spiro atoms. The summed E-state index contributed by atoms with van der Waals surface area (Å²) >= 11 is 1.52. The first-order chi connectivity index (χ1) is 18.1. The minimum atomic E-state index is -0.335. The van der Waals surface area contributed by atoms with Crippen LogP contribution >= 0.6 is 11.8 Å². The molecule has 1 amide bonds. The maximum absolute atomic E-state index is 12.9. The first kappa shape index (κ1) is 24.3. The van der Waals surface area contributed by atoms with Crippen LogP contribution in [0.15, 0.2) is 35.3 Å². The zero-order valence-corrected chi connectivity index (χ0v) is 21.5. The van der Waals surface area contributed by atoms with Gasteiger partial charge in [0.1, 0.15) is 5.82 Å². The summed E-state index contributed by atoms with van der Waals surface area (Å²) in [5, 5.41) is 15.9. The lowest BCUT2D eigenvalue weighted by atomic mass is 10.1. The number of amides is 1. The van der Waals surface area contributed by atoms with Crippen LogP contribution in [0.5, 0.6) is 5.88 Å². The zero-order chi connectivity index (χ0) is 25.8. The van der Waals surface area contributed by atoms with Crippen LogP contribution in [0.3, 0.4) is 0 Å². The largest absolute Gasteiger partial charge is 0.479 e. The van der Waals surface area contributed by atoms with Crippen molar-refractivity contribution in [3.05, 3.63) is 46.9 Å². The number of pyridine rings is 1. The first-order valence-electron chi connectivity index (χ1n) is 11.8. The molecule has 0 aliphatic carbocycles. The van der Waals surface area contributed by atoms with Gasteiger partial charge in [-0.15, -0.1) is 15.1 Å². The topological polar surface area (TPSA) is 124 Å². The van der Waals surface area contributed by atoms with Crippen molar-refractivity contribution in [2.75, 3.05) is 36.7 Å². The predicted octanol–water partition coefficient (Wildman–Crippen LogP) is 1.87. The highest BCUT2D eigenvalue weighted by Crippen LogP contribution is 2.23. The van der Waals surface area contributed by atoms with E-state index in [0.717, 1.165) is 42.4 Å². The van der Waals surface area contributed by atoms with E-state index in [1.807, 2.05) is 25.3 Å². The molecule has 3 aliphatic heterocycles. The molecule has 1 saturated heterocycles. The van der Waals surface area contributed by atoms with Crippen molar-refractivity contribution >= 4 is 46.5 Å². The highest BCUT2D eigenvalue weighted by atomic mass is 32.2. The van der Waals surface area contributed by atoms with Crippen molar-refractivity contribution in [1.82, 2.24) is 24.7 Å². The Morgan fingerprint density at radius 2 is 2.03 bits per heavy atom. The van der Waals surface area contributed by atoms with E-state index in [-0.39, 0.29) is 17.6 Å². The fourth-order valence-electron chi connectivity index (χ4n) is 4.10. The summed E-state index contributed by atoms with van der Waals surface area (Å²) in [5.41, 5.74) is 1.84. The Hall–Kier alpha value is -4.42. The summed E-state index contributed by atoms with van der Waals surface area (Å²) in [4.78, 5) is 25.6. The van der Waals surface area contributed by atoms with Crippen LogP contribution in [0.1, 0.15) is 40.7 Å². The lowest BCUT2D eigenvalue weighted by molar-refractivity contribution is -0.0718. The Bertz CT molecular complexity index is 1490. The van der Waals surface area contributed by atoms with Crippen LogP contribution in [-0.4, -0.2) is 74.5 Å². The fraction of sp³-hybridized carbons (Fsp3) is 0.320. The molecule has 1 fully saturated rings. The van der Waals surface area contributed by atoms with Gasteiger partial charge in [-0.2, -0.15) is 0 Å². The number of rotatable bonds is 4. The minimum Gasteiger partial charge on any atom is -0.479 e. The number of aryl methyl sites for hydroxylation is 1. The van der Waals surface area contributed by atoms with Gasteiger partial charge in [-0.25, -0.2) is 9.65 Å². The number of anilines is 2. The van der Waals surface area contributed by atoms with Crippen molar-refractivity contribution in [2.45, 2.75) is 26.2 Å². The molecule has 0 atom stereocenters. The van der Waals surface area contributed by atoms with Crippen LogP contribution in [-0.2, 0) is 0 Å². The molecule has 2 aromatic heterocycles. The Morgan fingerprint density at radius 3 is 2.78 bits per heavy atom. The Morgan fingerprint density at radius 1 is 1.19 bits per heavy atom. The van der Waals surface area contributed by atoms with Crippen molar-refractivity contribution in [3.8, 4) is 17.7 Å². The number of aromatic nitrogens is 3. The Kier molecular flexibility index (Phi) is 7.01. The van der Waals surface area contributed by atoms with Crippen molar-refractivity contribution < 1.29 is 14.3 Å². The average molecular weight is 516 g/mol. The molecular weight excluding hydrogens is 490 g/mol. The minimum absolute atomic E-state index is 0.227. The summed E-state index contributed by atoms with van der Waals surface area (Å²) in [7, 11) is 1.48. The maximum Gasteiger partial charge on any atom is 0.469 e. The number of ether oxygens (including phenoxy) is 1. The smallest absolute Gasteiger partial charge is 0.469 e. The van der Waals surface area contributed by atoms with Gasteiger partial charge < -0.3 is 15.0 Å². The lowest BCUT2D eigenvalue weighted by Gasteiger charge is -2.29. The predicted molar refractivity (Wildman–Crippen MR) is 143 cm³/mol. The molecule has 37 heavy (non-hydrogen) atoms. The third kappa shape index (κ3) is 5.25. The van der Waals surface area contributed by atoms with Gasteiger partial charge in [0.2, 0.25) is 5.88 Å². The molecule has 2 aromatic rings. The first-order valence-corrected chi connectivity index (χ1v) is 13.0. The third-order valence-corrected chi connectivity index (χ3v) is 6.60. The second kappa shape index (κ2) is 10.7. The SMILES string of the molecule is COc1nnc(NC(=O)c2cnc(N3CCCCC3)c(C)c2)cc1C#CC1=[N+]=NC2=CC(SC)=[N+]=CN21. The van der Waals surface area contributed by atoms with Crippen LogP contribution in [0.2, 0.25) is 0 Å². The third-order valence-electron chi connectivity index (χ3n) is 5.96. The van der Waals surface area contributed by atoms with E-state index >= 15 is 0 Å². The Balaban J connectivity index is 1.33. The molecular formula is C25H25N9O2S+2. The molecule has 186 valence electrons. The summed E-state index contributed by atoms with van der Waals surface area (Å²) in [5.74, 6) is 8.08. The lowest BCUT2D eigenvalue weighted by Crippen LogP contribution is -2.31. The number of hydrogen-bond donors (Lipinski definition) is 1. The summed E-state index contributed by atoms with van der Waals surface area (Å²) in [6.45, 7) is 3.95. The molecule has 0 aromatic carbocycles. The molecule has 0 radical (unpaired) electrons.